The van der Waals surface area contributed by atoms with Crippen LogP contribution in [-0.2, 0) is 4.79 Å². The van der Waals surface area contributed by atoms with Crippen LogP contribution in [0.25, 0.3) is 0 Å². The molecular weight excluding hydrogens is 143 g/mol. The lowest BCUT2D eigenvalue weighted by molar-refractivity contribution is -0.122. The van der Waals surface area contributed by atoms with Crippen LogP contribution < -0.4 is 0 Å². The van der Waals surface area contributed by atoms with Crippen LogP contribution in [0.5, 0.6) is 0 Å². The molecule has 1 atom stereocenters. The van der Waals surface area contributed by atoms with Crippen LogP contribution in [0.15, 0.2) is 12.2 Å². The van der Waals surface area contributed by atoms with Gasteiger partial charge in [-0.3, -0.25) is 4.79 Å². The Morgan fingerprint density at radius 1 is 1.64 bits per heavy atom. The van der Waals surface area contributed by atoms with E-state index < -0.39 is 6.17 Å². The third-order valence-corrected chi connectivity index (χ3v) is 1.47. The molecule has 0 aromatic carbocycles. The van der Waals surface area contributed by atoms with Gasteiger partial charge in [0.2, 0.25) is 0 Å². The van der Waals surface area contributed by atoms with Crippen LogP contribution in [0.3, 0.4) is 0 Å². The van der Waals surface area contributed by atoms with Gasteiger partial charge in [-0.2, -0.15) is 0 Å². The maximum atomic E-state index is 12.3. The number of allylic oxidation sites excluding steroid dienone is 1. The van der Waals surface area contributed by atoms with Gasteiger partial charge in [0.15, 0.2) is 12.0 Å². The summed E-state index contributed by atoms with van der Waals surface area (Å²) >= 11 is 0. The van der Waals surface area contributed by atoms with Crippen LogP contribution in [0.4, 0.5) is 4.39 Å². The molecule has 2 heteroatoms. The minimum atomic E-state index is -1.34. The first-order valence-corrected chi connectivity index (χ1v) is 3.91. The van der Waals surface area contributed by atoms with E-state index in [0.717, 1.165) is 18.4 Å². The van der Waals surface area contributed by atoms with Crippen molar-refractivity contribution in [3.8, 4) is 0 Å². The maximum Gasteiger partial charge on any atom is 0.170 e. The number of hydrogen-bond donors (Lipinski definition) is 0. The average Bonchev–Trinajstić information content (AvgIpc) is 1.87. The van der Waals surface area contributed by atoms with E-state index in [9.17, 15) is 9.18 Å². The summed E-state index contributed by atoms with van der Waals surface area (Å²) in [6.45, 7) is 6.95. The summed E-state index contributed by atoms with van der Waals surface area (Å²) in [5, 5.41) is 0. The Hall–Kier alpha value is -0.660. The molecule has 0 heterocycles. The number of carbonyl (C=O) groups is 1. The third kappa shape index (κ3) is 4.71. The third-order valence-electron chi connectivity index (χ3n) is 1.47. The highest BCUT2D eigenvalue weighted by molar-refractivity contribution is 5.84. The summed E-state index contributed by atoms with van der Waals surface area (Å²) in [7, 11) is 0. The molecule has 64 valence electrons. The van der Waals surface area contributed by atoms with Crippen molar-refractivity contribution in [1.82, 2.24) is 0 Å². The van der Waals surface area contributed by atoms with E-state index >= 15 is 0 Å². The van der Waals surface area contributed by atoms with E-state index in [4.69, 9.17) is 0 Å². The Morgan fingerprint density at radius 2 is 2.18 bits per heavy atom. The molecule has 0 bridgehead atoms. The standard InChI is InChI=1S/C9H15FO/c1-4-5-7(2)6-9(11)8(3)10/h8H,2,4-6H2,1,3H3. The van der Waals surface area contributed by atoms with Gasteiger partial charge < -0.3 is 0 Å². The molecule has 1 nitrogen and oxygen atoms in total. The van der Waals surface area contributed by atoms with Crippen LogP contribution in [-0.4, -0.2) is 12.0 Å². The van der Waals surface area contributed by atoms with E-state index in [0.29, 0.717) is 0 Å². The van der Waals surface area contributed by atoms with Crippen LogP contribution in [0.1, 0.15) is 33.1 Å². The molecule has 0 aromatic heterocycles. The van der Waals surface area contributed by atoms with Gasteiger partial charge in [0.05, 0.1) is 0 Å². The Kier molecular flexibility index (Phi) is 4.75. The number of hydrogen-bond acceptors (Lipinski definition) is 1. The summed E-state index contributed by atoms with van der Waals surface area (Å²) in [5.74, 6) is -0.358. The van der Waals surface area contributed by atoms with Crippen molar-refractivity contribution in [3.05, 3.63) is 12.2 Å². The largest absolute Gasteiger partial charge is 0.296 e. The highest BCUT2D eigenvalue weighted by atomic mass is 19.1. The number of Topliss-reactive ketones (excluding diaryl/α,β-unsaturated/α-hetero) is 1. The fourth-order valence-electron chi connectivity index (χ4n) is 0.829. The van der Waals surface area contributed by atoms with Gasteiger partial charge in [-0.1, -0.05) is 25.5 Å². The first kappa shape index (κ1) is 10.3. The monoisotopic (exact) mass is 158 g/mol. The SMILES string of the molecule is C=C(CCC)CC(=O)C(C)F. The molecule has 0 fully saturated rings. The number of ketones is 1. The van der Waals surface area contributed by atoms with Gasteiger partial charge in [0.25, 0.3) is 0 Å². The molecule has 0 saturated carbocycles. The Morgan fingerprint density at radius 3 is 2.55 bits per heavy atom. The molecule has 11 heavy (non-hydrogen) atoms. The van der Waals surface area contributed by atoms with Crippen LogP contribution >= 0.6 is 0 Å². The summed E-state index contributed by atoms with van der Waals surface area (Å²) in [6, 6.07) is 0. The predicted molar refractivity (Wildman–Crippen MR) is 44.2 cm³/mol. The maximum absolute atomic E-state index is 12.3. The smallest absolute Gasteiger partial charge is 0.170 e. The fraction of sp³-hybridized carbons (Fsp3) is 0.667. The lowest BCUT2D eigenvalue weighted by Gasteiger charge is -2.02. The normalized spacial score (nSPS) is 12.6. The Balaban J connectivity index is 3.67. The van der Waals surface area contributed by atoms with Crippen molar-refractivity contribution < 1.29 is 9.18 Å². The molecule has 0 rings (SSSR count). The molecule has 1 unspecified atom stereocenters. The minimum absolute atomic E-state index is 0.200. The van der Waals surface area contributed by atoms with Crippen LogP contribution in [0, 0.1) is 0 Å². The van der Waals surface area contributed by atoms with Gasteiger partial charge in [-0.05, 0) is 13.3 Å². The highest BCUT2D eigenvalue weighted by Crippen LogP contribution is 2.09. The van der Waals surface area contributed by atoms with E-state index in [1.54, 1.807) is 0 Å². The second-order valence-electron chi connectivity index (χ2n) is 2.76. The fourth-order valence-corrected chi connectivity index (χ4v) is 0.829. The first-order chi connectivity index (χ1) is 5.07. The number of halogens is 1. The van der Waals surface area contributed by atoms with E-state index in [2.05, 4.69) is 6.58 Å². The second kappa shape index (κ2) is 5.05. The van der Waals surface area contributed by atoms with E-state index in [1.807, 2.05) is 6.92 Å². The molecule has 0 aliphatic carbocycles. The van der Waals surface area contributed by atoms with Gasteiger partial charge in [-0.15, -0.1) is 0 Å². The molecule has 0 saturated heterocycles. The molecule has 0 spiro atoms. The molecule has 0 aromatic rings. The zero-order chi connectivity index (χ0) is 8.85. The summed E-state index contributed by atoms with van der Waals surface area (Å²) in [5.41, 5.74) is 0.835. The molecule has 0 radical (unpaired) electrons. The highest BCUT2D eigenvalue weighted by Gasteiger charge is 2.11. The van der Waals surface area contributed by atoms with Crippen molar-refractivity contribution in [3.63, 3.8) is 0 Å². The topological polar surface area (TPSA) is 17.1 Å². The molecule has 0 aliphatic heterocycles. The van der Waals surface area contributed by atoms with Crippen molar-refractivity contribution in [2.24, 2.45) is 0 Å². The number of rotatable bonds is 5. The molecule has 0 amide bonds. The first-order valence-electron chi connectivity index (χ1n) is 3.91. The number of carbonyl (C=O) groups excluding carboxylic acids is 1. The molecule has 0 aliphatic rings. The van der Waals surface area contributed by atoms with Crippen molar-refractivity contribution in [2.45, 2.75) is 39.3 Å². The quantitative estimate of drug-likeness (QED) is 0.562. The van der Waals surface area contributed by atoms with E-state index in [-0.39, 0.29) is 12.2 Å². The lowest BCUT2D eigenvalue weighted by atomic mass is 10.0. The molecule has 0 N–H and O–H groups in total. The minimum Gasteiger partial charge on any atom is -0.296 e. The Bertz CT molecular complexity index is 150. The van der Waals surface area contributed by atoms with Gasteiger partial charge in [0.1, 0.15) is 0 Å². The van der Waals surface area contributed by atoms with Crippen molar-refractivity contribution in [2.75, 3.05) is 0 Å². The van der Waals surface area contributed by atoms with Gasteiger partial charge in [-0.25, -0.2) is 4.39 Å². The van der Waals surface area contributed by atoms with E-state index in [1.165, 1.54) is 6.92 Å². The van der Waals surface area contributed by atoms with Crippen molar-refractivity contribution >= 4 is 5.78 Å². The number of alkyl halides is 1. The summed E-state index contributed by atoms with van der Waals surface area (Å²) in [4.78, 5) is 10.8. The predicted octanol–water partition coefficient (Wildman–Crippen LogP) is 2.66. The summed E-state index contributed by atoms with van der Waals surface area (Å²) in [6.07, 6.45) is 0.639. The van der Waals surface area contributed by atoms with Gasteiger partial charge >= 0.3 is 0 Å². The van der Waals surface area contributed by atoms with Crippen LogP contribution in [0.2, 0.25) is 0 Å². The molecular formula is C9H15FO. The lowest BCUT2D eigenvalue weighted by Crippen LogP contribution is -2.11. The second-order valence-corrected chi connectivity index (χ2v) is 2.76. The Labute approximate surface area is 67.3 Å². The summed E-state index contributed by atoms with van der Waals surface area (Å²) < 4.78 is 12.3. The zero-order valence-corrected chi connectivity index (χ0v) is 7.19. The van der Waals surface area contributed by atoms with Crippen molar-refractivity contribution in [1.29, 1.82) is 0 Å². The van der Waals surface area contributed by atoms with Gasteiger partial charge in [0, 0.05) is 6.42 Å². The average molecular weight is 158 g/mol. The zero-order valence-electron chi connectivity index (χ0n) is 7.19.